The van der Waals surface area contributed by atoms with Crippen molar-refractivity contribution in [2.75, 3.05) is 13.1 Å². The van der Waals surface area contributed by atoms with Gasteiger partial charge in [-0.05, 0) is 64.7 Å². The zero-order valence-electron chi connectivity index (χ0n) is 20.5. The van der Waals surface area contributed by atoms with Gasteiger partial charge in [-0.1, -0.05) is 42.8 Å². The fourth-order valence-corrected chi connectivity index (χ4v) is 5.23. The van der Waals surface area contributed by atoms with Gasteiger partial charge in [-0.25, -0.2) is 8.78 Å². The highest BCUT2D eigenvalue weighted by Crippen LogP contribution is 2.41. The molecule has 192 valence electrons. The Kier molecular flexibility index (Phi) is 6.49. The maximum Gasteiger partial charge on any atom is 0.268 e. The minimum Gasteiger partial charge on any atom is -0.343 e. The van der Waals surface area contributed by atoms with Crippen LogP contribution in [0.2, 0.25) is 5.02 Å². The Morgan fingerprint density at radius 2 is 1.79 bits per heavy atom. The lowest BCUT2D eigenvalue weighted by molar-refractivity contribution is -0.133. The second kappa shape index (κ2) is 9.66. The summed E-state index contributed by atoms with van der Waals surface area (Å²) in [7, 11) is 0. The molecule has 1 unspecified atom stereocenters. The first kappa shape index (κ1) is 25.6. The maximum atomic E-state index is 14.1. The van der Waals surface area contributed by atoms with Gasteiger partial charge in [-0.3, -0.25) is 14.6 Å². The van der Waals surface area contributed by atoms with E-state index in [9.17, 15) is 23.6 Å². The van der Waals surface area contributed by atoms with Crippen molar-refractivity contribution in [3.63, 3.8) is 0 Å². The lowest BCUT2D eigenvalue weighted by Gasteiger charge is -2.30. The number of pyridine rings is 1. The first-order valence-corrected chi connectivity index (χ1v) is 12.5. The summed E-state index contributed by atoms with van der Waals surface area (Å²) in [5.41, 5.74) is 1.11. The van der Waals surface area contributed by atoms with E-state index < -0.39 is 42.8 Å². The van der Waals surface area contributed by atoms with Gasteiger partial charge >= 0.3 is 0 Å². The van der Waals surface area contributed by atoms with Crippen molar-refractivity contribution in [2.24, 2.45) is 0 Å². The van der Waals surface area contributed by atoms with E-state index >= 15 is 0 Å². The SMILES string of the molecule is CCC1(C#N)CC(F)(F)CN1C(=O)CNC(=O)c1ccnc2ccc(-c3ccc4cc(Cl)ccc4c3)cc12. The second-order valence-corrected chi connectivity index (χ2v) is 9.93. The molecule has 0 aliphatic carbocycles. The quantitative estimate of drug-likeness (QED) is 0.343. The Bertz CT molecular complexity index is 1630. The van der Waals surface area contributed by atoms with Crippen molar-refractivity contribution in [1.82, 2.24) is 15.2 Å². The van der Waals surface area contributed by atoms with Crippen LogP contribution in [-0.4, -0.2) is 46.2 Å². The van der Waals surface area contributed by atoms with Crippen molar-refractivity contribution >= 4 is 45.1 Å². The third-order valence-corrected chi connectivity index (χ3v) is 7.31. The van der Waals surface area contributed by atoms with Gasteiger partial charge < -0.3 is 10.2 Å². The number of rotatable bonds is 5. The van der Waals surface area contributed by atoms with Crippen LogP contribution in [0, 0.1) is 11.3 Å². The van der Waals surface area contributed by atoms with E-state index in [1.165, 1.54) is 6.20 Å². The highest BCUT2D eigenvalue weighted by molar-refractivity contribution is 6.31. The zero-order valence-corrected chi connectivity index (χ0v) is 21.2. The number of hydrogen-bond acceptors (Lipinski definition) is 4. The van der Waals surface area contributed by atoms with Crippen molar-refractivity contribution in [3.05, 3.63) is 77.4 Å². The molecule has 0 saturated carbocycles. The van der Waals surface area contributed by atoms with Crippen LogP contribution in [0.3, 0.4) is 0 Å². The summed E-state index contributed by atoms with van der Waals surface area (Å²) in [5.74, 6) is -4.42. The molecule has 2 heterocycles. The van der Waals surface area contributed by atoms with Crippen molar-refractivity contribution in [3.8, 4) is 17.2 Å². The molecule has 38 heavy (non-hydrogen) atoms. The number of alkyl halides is 2. The zero-order chi connectivity index (χ0) is 27.1. The molecular weight excluding hydrogens is 510 g/mol. The fraction of sp³-hybridized carbons (Fsp3) is 0.241. The molecule has 1 aliphatic heterocycles. The first-order chi connectivity index (χ1) is 18.1. The predicted octanol–water partition coefficient (Wildman–Crippen LogP) is 5.98. The maximum absolute atomic E-state index is 14.1. The van der Waals surface area contributed by atoms with Gasteiger partial charge in [0.05, 0.1) is 30.2 Å². The highest BCUT2D eigenvalue weighted by atomic mass is 35.5. The van der Waals surface area contributed by atoms with Gasteiger partial charge in [0.15, 0.2) is 0 Å². The number of aromatic nitrogens is 1. The molecule has 9 heteroatoms. The molecule has 0 bridgehead atoms. The van der Waals surface area contributed by atoms with Crippen LogP contribution in [0.5, 0.6) is 0 Å². The second-order valence-electron chi connectivity index (χ2n) is 9.49. The summed E-state index contributed by atoms with van der Waals surface area (Å²) >= 11 is 6.10. The molecule has 6 nitrogen and oxygen atoms in total. The number of fused-ring (bicyclic) bond motifs is 2. The number of benzene rings is 3. The van der Waals surface area contributed by atoms with Crippen LogP contribution < -0.4 is 5.32 Å². The van der Waals surface area contributed by atoms with Gasteiger partial charge in [-0.15, -0.1) is 0 Å². The third kappa shape index (κ3) is 4.66. The van der Waals surface area contributed by atoms with Gasteiger partial charge in [0.1, 0.15) is 5.54 Å². The van der Waals surface area contributed by atoms with Crippen LogP contribution in [0.4, 0.5) is 8.78 Å². The van der Waals surface area contributed by atoms with E-state index in [4.69, 9.17) is 11.6 Å². The third-order valence-electron chi connectivity index (χ3n) is 7.07. The van der Waals surface area contributed by atoms with Gasteiger partial charge in [0.2, 0.25) is 5.91 Å². The molecule has 1 aliphatic rings. The largest absolute Gasteiger partial charge is 0.343 e. The van der Waals surface area contributed by atoms with Crippen molar-refractivity contribution in [1.29, 1.82) is 5.26 Å². The summed E-state index contributed by atoms with van der Waals surface area (Å²) in [6.07, 6.45) is 0.849. The highest BCUT2D eigenvalue weighted by Gasteiger charge is 2.56. The Labute approximate surface area is 222 Å². The van der Waals surface area contributed by atoms with Crippen LogP contribution >= 0.6 is 11.6 Å². The predicted molar refractivity (Wildman–Crippen MR) is 142 cm³/mol. The molecule has 5 rings (SSSR count). The summed E-state index contributed by atoms with van der Waals surface area (Å²) in [6, 6.07) is 20.6. The molecule has 1 aromatic heterocycles. The number of nitriles is 1. The van der Waals surface area contributed by atoms with E-state index in [2.05, 4.69) is 10.3 Å². The van der Waals surface area contributed by atoms with E-state index in [0.717, 1.165) is 26.8 Å². The standard InChI is InChI=1S/C29H23ClF2N4O2/c1-2-28(16-33)15-29(31,32)17-36(28)26(37)14-35-27(38)23-9-10-34-25-8-6-21(13-24(23)25)18-3-4-20-12-22(30)7-5-19(20)11-18/h3-13H,2,14-15,17H2,1H3,(H,35,38). The molecule has 0 radical (unpaired) electrons. The van der Waals surface area contributed by atoms with Gasteiger partial charge in [0.25, 0.3) is 11.8 Å². The summed E-state index contributed by atoms with van der Waals surface area (Å²) < 4.78 is 28.2. The minimum absolute atomic E-state index is 0.0678. The van der Waals surface area contributed by atoms with E-state index in [0.29, 0.717) is 21.5 Å². The fourth-order valence-electron chi connectivity index (χ4n) is 5.05. The smallest absolute Gasteiger partial charge is 0.268 e. The molecule has 3 aromatic carbocycles. The normalized spacial score (nSPS) is 18.4. The first-order valence-electron chi connectivity index (χ1n) is 12.1. The molecule has 1 atom stereocenters. The molecule has 1 N–H and O–H groups in total. The van der Waals surface area contributed by atoms with E-state index in [1.807, 2.05) is 60.7 Å². The molecule has 1 fully saturated rings. The summed E-state index contributed by atoms with van der Waals surface area (Å²) in [5, 5.41) is 15.4. The minimum atomic E-state index is -3.15. The van der Waals surface area contributed by atoms with Crippen LogP contribution in [0.25, 0.3) is 32.8 Å². The Balaban J connectivity index is 1.40. The number of likely N-dealkylation sites (tertiary alicyclic amines) is 1. The summed E-state index contributed by atoms with van der Waals surface area (Å²) in [4.78, 5) is 31.2. The van der Waals surface area contributed by atoms with Crippen molar-refractivity contribution in [2.45, 2.75) is 31.2 Å². The van der Waals surface area contributed by atoms with E-state index in [1.54, 1.807) is 13.0 Å². The molecule has 4 aromatic rings. The van der Waals surface area contributed by atoms with E-state index in [-0.39, 0.29) is 6.42 Å². The average Bonchev–Trinajstić information content (AvgIpc) is 3.21. The lowest BCUT2D eigenvalue weighted by atomic mass is 9.94. The Hall–Kier alpha value is -4.09. The number of hydrogen-bond donors (Lipinski definition) is 1. The number of halogens is 3. The average molecular weight is 533 g/mol. The number of carbonyl (C=O) groups is 2. The topological polar surface area (TPSA) is 86.1 Å². The van der Waals surface area contributed by atoms with Crippen LogP contribution in [0.15, 0.2) is 66.9 Å². The monoisotopic (exact) mass is 532 g/mol. The Morgan fingerprint density at radius 3 is 2.55 bits per heavy atom. The van der Waals surface area contributed by atoms with Gasteiger partial charge in [-0.2, -0.15) is 5.26 Å². The van der Waals surface area contributed by atoms with Crippen molar-refractivity contribution < 1.29 is 18.4 Å². The number of nitrogens with zero attached hydrogens (tertiary/aromatic N) is 3. The van der Waals surface area contributed by atoms with Crippen LogP contribution in [-0.2, 0) is 4.79 Å². The molecular formula is C29H23ClF2N4O2. The Morgan fingerprint density at radius 1 is 1.08 bits per heavy atom. The van der Waals surface area contributed by atoms with Gasteiger partial charge in [0, 0.05) is 23.0 Å². The number of carbonyl (C=O) groups excluding carboxylic acids is 2. The molecule has 0 spiro atoms. The van der Waals surface area contributed by atoms with Crippen LogP contribution in [0.1, 0.15) is 30.1 Å². The molecule has 2 amide bonds. The lowest BCUT2D eigenvalue weighted by Crippen LogP contribution is -2.49. The number of nitrogens with one attached hydrogen (secondary N) is 1. The molecule has 1 saturated heterocycles. The number of amides is 2. The summed E-state index contributed by atoms with van der Waals surface area (Å²) in [6.45, 7) is 0.243.